The number of likely N-dealkylation sites (N-methyl/N-ethyl adjacent to an activating group) is 1. The molecule has 24 heavy (non-hydrogen) atoms. The third-order valence-electron chi connectivity index (χ3n) is 4.34. The fourth-order valence-corrected chi connectivity index (χ4v) is 2.63. The van der Waals surface area contributed by atoms with Gasteiger partial charge in [-0.05, 0) is 33.3 Å². The molecule has 1 amide bonds. The van der Waals surface area contributed by atoms with Crippen molar-refractivity contribution in [1.82, 2.24) is 14.7 Å². The van der Waals surface area contributed by atoms with E-state index >= 15 is 0 Å². The molecule has 1 unspecified atom stereocenters. The van der Waals surface area contributed by atoms with E-state index in [1.165, 1.54) is 4.68 Å². The van der Waals surface area contributed by atoms with Gasteiger partial charge in [0.15, 0.2) is 0 Å². The van der Waals surface area contributed by atoms with Crippen LogP contribution < -0.4 is 0 Å². The van der Waals surface area contributed by atoms with Crippen LogP contribution in [-0.4, -0.2) is 32.6 Å². The Morgan fingerprint density at radius 2 is 1.88 bits per heavy atom. The van der Waals surface area contributed by atoms with Crippen molar-refractivity contribution in [3.63, 3.8) is 0 Å². The fraction of sp³-hybridized carbons (Fsp3) is 0.412. The van der Waals surface area contributed by atoms with Gasteiger partial charge in [0.05, 0.1) is 11.0 Å². The molecule has 2 rings (SSSR count). The summed E-state index contributed by atoms with van der Waals surface area (Å²) in [6.45, 7) is 7.12. The topological polar surface area (TPSA) is 81.3 Å². The monoisotopic (exact) mass is 330 g/mol. The molecule has 128 valence electrons. The van der Waals surface area contributed by atoms with Crippen molar-refractivity contribution in [3.05, 3.63) is 56.9 Å². The van der Waals surface area contributed by atoms with Crippen LogP contribution in [0.3, 0.4) is 0 Å². The van der Waals surface area contributed by atoms with Crippen LogP contribution in [0, 0.1) is 30.9 Å². The minimum atomic E-state index is -0.461. The molecule has 7 heteroatoms. The van der Waals surface area contributed by atoms with E-state index in [4.69, 9.17) is 0 Å². The second-order valence-corrected chi connectivity index (χ2v) is 6.03. The van der Waals surface area contributed by atoms with Crippen molar-refractivity contribution in [2.75, 3.05) is 7.05 Å². The van der Waals surface area contributed by atoms with Gasteiger partial charge in [-0.3, -0.25) is 19.6 Å². The molecule has 0 radical (unpaired) electrons. The highest BCUT2D eigenvalue weighted by molar-refractivity contribution is 5.76. The zero-order valence-electron chi connectivity index (χ0n) is 14.6. The van der Waals surface area contributed by atoms with Gasteiger partial charge in [0, 0.05) is 7.05 Å². The lowest BCUT2D eigenvalue weighted by atomic mass is 10.1. The third kappa shape index (κ3) is 3.45. The summed E-state index contributed by atoms with van der Waals surface area (Å²) in [6.07, 6.45) is 0. The SMILES string of the molecule is Cc1ccc(C(C)N(C)C(=O)Cn2nc(C)c([N+](=O)[O-])c2C)cc1. The summed E-state index contributed by atoms with van der Waals surface area (Å²) in [7, 11) is 1.73. The maximum atomic E-state index is 12.5. The Labute approximate surface area is 141 Å². The molecule has 0 saturated carbocycles. The highest BCUT2D eigenvalue weighted by atomic mass is 16.6. The lowest BCUT2D eigenvalue weighted by molar-refractivity contribution is -0.386. The molecule has 1 atom stereocenters. The van der Waals surface area contributed by atoms with Crippen LogP contribution >= 0.6 is 0 Å². The van der Waals surface area contributed by atoms with Crippen LogP contribution in [-0.2, 0) is 11.3 Å². The first kappa shape index (κ1) is 17.7. The number of benzene rings is 1. The summed E-state index contributed by atoms with van der Waals surface area (Å²) < 4.78 is 1.40. The fourth-order valence-electron chi connectivity index (χ4n) is 2.63. The van der Waals surface area contributed by atoms with Gasteiger partial charge in [-0.25, -0.2) is 0 Å². The van der Waals surface area contributed by atoms with Crippen LogP contribution in [0.4, 0.5) is 5.69 Å². The molecular weight excluding hydrogens is 308 g/mol. The minimum Gasteiger partial charge on any atom is -0.337 e. The van der Waals surface area contributed by atoms with Crippen LogP contribution in [0.15, 0.2) is 24.3 Å². The average Bonchev–Trinajstić information content (AvgIpc) is 2.80. The van der Waals surface area contributed by atoms with Gasteiger partial charge in [-0.1, -0.05) is 29.8 Å². The lowest BCUT2D eigenvalue weighted by Crippen LogP contribution is -2.33. The Kier molecular flexibility index (Phi) is 5.02. The zero-order valence-corrected chi connectivity index (χ0v) is 14.6. The normalized spacial score (nSPS) is 12.0. The van der Waals surface area contributed by atoms with Gasteiger partial charge >= 0.3 is 5.69 Å². The second kappa shape index (κ2) is 6.82. The van der Waals surface area contributed by atoms with Gasteiger partial charge < -0.3 is 4.90 Å². The summed E-state index contributed by atoms with van der Waals surface area (Å²) in [4.78, 5) is 24.8. The number of hydrogen-bond acceptors (Lipinski definition) is 4. The first-order valence-electron chi connectivity index (χ1n) is 7.73. The number of aromatic nitrogens is 2. The summed E-state index contributed by atoms with van der Waals surface area (Å²) in [6, 6.07) is 7.92. The van der Waals surface area contributed by atoms with Crippen LogP contribution in [0.2, 0.25) is 0 Å². The van der Waals surface area contributed by atoms with Crippen molar-refractivity contribution in [1.29, 1.82) is 0 Å². The highest BCUT2D eigenvalue weighted by Gasteiger charge is 2.24. The maximum absolute atomic E-state index is 12.5. The lowest BCUT2D eigenvalue weighted by Gasteiger charge is -2.25. The molecule has 0 spiro atoms. The van der Waals surface area contributed by atoms with Crippen LogP contribution in [0.1, 0.15) is 35.5 Å². The number of nitro groups is 1. The predicted molar refractivity (Wildman–Crippen MR) is 90.7 cm³/mol. The van der Waals surface area contributed by atoms with Crippen molar-refractivity contribution in [3.8, 4) is 0 Å². The van der Waals surface area contributed by atoms with E-state index < -0.39 is 4.92 Å². The summed E-state index contributed by atoms with van der Waals surface area (Å²) in [5.41, 5.74) is 2.88. The third-order valence-corrected chi connectivity index (χ3v) is 4.34. The van der Waals surface area contributed by atoms with E-state index in [0.717, 1.165) is 11.1 Å². The van der Waals surface area contributed by atoms with Crippen molar-refractivity contribution in [2.24, 2.45) is 0 Å². The van der Waals surface area contributed by atoms with Gasteiger partial charge in [0.2, 0.25) is 5.91 Å². The summed E-state index contributed by atoms with van der Waals surface area (Å²) in [5, 5.41) is 15.2. The van der Waals surface area contributed by atoms with Gasteiger partial charge in [0.1, 0.15) is 17.9 Å². The van der Waals surface area contributed by atoms with Crippen molar-refractivity contribution in [2.45, 2.75) is 40.3 Å². The molecular formula is C17H22N4O3. The molecule has 1 aromatic heterocycles. The molecule has 1 heterocycles. The van der Waals surface area contributed by atoms with E-state index in [-0.39, 0.29) is 24.2 Å². The summed E-state index contributed by atoms with van der Waals surface area (Å²) >= 11 is 0. The molecule has 0 aliphatic heterocycles. The molecule has 0 fully saturated rings. The number of rotatable bonds is 5. The molecule has 0 aliphatic carbocycles. The Bertz CT molecular complexity index is 765. The maximum Gasteiger partial charge on any atom is 0.312 e. The van der Waals surface area contributed by atoms with Crippen LogP contribution in [0.5, 0.6) is 0 Å². The molecule has 1 aromatic carbocycles. The number of amides is 1. The number of aryl methyl sites for hydroxylation is 2. The van der Waals surface area contributed by atoms with E-state index in [0.29, 0.717) is 11.4 Å². The van der Waals surface area contributed by atoms with Gasteiger partial charge in [-0.15, -0.1) is 0 Å². The van der Waals surface area contributed by atoms with Crippen molar-refractivity contribution < 1.29 is 9.72 Å². The average molecular weight is 330 g/mol. The second-order valence-electron chi connectivity index (χ2n) is 6.03. The van der Waals surface area contributed by atoms with E-state index in [1.807, 2.05) is 38.1 Å². The number of carbonyl (C=O) groups is 1. The number of hydrogen-bond donors (Lipinski definition) is 0. The number of nitrogens with zero attached hydrogens (tertiary/aromatic N) is 4. The molecule has 7 nitrogen and oxygen atoms in total. The molecule has 0 aliphatic rings. The predicted octanol–water partition coefficient (Wildman–Crippen LogP) is 2.94. The van der Waals surface area contributed by atoms with Gasteiger partial charge in [-0.2, -0.15) is 5.10 Å². The van der Waals surface area contributed by atoms with Gasteiger partial charge in [0.25, 0.3) is 0 Å². The molecule has 2 aromatic rings. The Morgan fingerprint density at radius 1 is 1.29 bits per heavy atom. The smallest absolute Gasteiger partial charge is 0.312 e. The van der Waals surface area contributed by atoms with Crippen molar-refractivity contribution >= 4 is 11.6 Å². The largest absolute Gasteiger partial charge is 0.337 e. The van der Waals surface area contributed by atoms with Crippen LogP contribution in [0.25, 0.3) is 0 Å². The quantitative estimate of drug-likeness (QED) is 0.623. The minimum absolute atomic E-state index is 0.0206. The van der Waals surface area contributed by atoms with E-state index in [9.17, 15) is 14.9 Å². The molecule has 0 saturated heterocycles. The molecule has 0 N–H and O–H groups in total. The summed E-state index contributed by atoms with van der Waals surface area (Å²) in [5.74, 6) is -0.149. The number of carbonyl (C=O) groups excluding carboxylic acids is 1. The van der Waals surface area contributed by atoms with E-state index in [1.54, 1.807) is 25.8 Å². The Morgan fingerprint density at radius 3 is 2.38 bits per heavy atom. The first-order chi connectivity index (χ1) is 11.2. The Hall–Kier alpha value is -2.70. The molecule has 0 bridgehead atoms. The van der Waals surface area contributed by atoms with E-state index in [2.05, 4.69) is 5.10 Å². The standard InChI is InChI=1S/C17H22N4O3/c1-11-6-8-15(9-7-11)13(3)19(5)16(22)10-20-14(4)17(21(23)24)12(2)18-20/h6-9,13H,10H2,1-5H3. The zero-order chi connectivity index (χ0) is 18.0. The highest BCUT2D eigenvalue weighted by Crippen LogP contribution is 2.23. The first-order valence-corrected chi connectivity index (χ1v) is 7.73. The Balaban J connectivity index is 2.16.